The Bertz CT molecular complexity index is 1030. The molecule has 0 saturated heterocycles. The van der Waals surface area contributed by atoms with Gasteiger partial charge in [-0.3, -0.25) is 14.9 Å². The van der Waals surface area contributed by atoms with Crippen molar-refractivity contribution in [2.45, 2.75) is 26.8 Å². The van der Waals surface area contributed by atoms with Crippen LogP contribution < -0.4 is 9.47 Å². The Labute approximate surface area is 178 Å². The van der Waals surface area contributed by atoms with E-state index in [1.807, 2.05) is 18.4 Å². The summed E-state index contributed by atoms with van der Waals surface area (Å²) in [7, 11) is 1.60. The lowest BCUT2D eigenvalue weighted by molar-refractivity contribution is -0.385. The molecule has 1 aliphatic heterocycles. The molecule has 0 fully saturated rings. The number of nitro benzene ring substituents is 1. The molecule has 10 heteroatoms. The van der Waals surface area contributed by atoms with E-state index in [4.69, 9.17) is 18.9 Å². The summed E-state index contributed by atoms with van der Waals surface area (Å²) < 4.78 is 23.0. The maximum Gasteiger partial charge on any atom is 0.345 e. The van der Waals surface area contributed by atoms with E-state index < -0.39 is 29.0 Å². The van der Waals surface area contributed by atoms with Crippen LogP contribution >= 0.6 is 0 Å². The first-order chi connectivity index (χ1) is 14.7. The minimum Gasteiger partial charge on any atom is -0.486 e. The van der Waals surface area contributed by atoms with E-state index in [9.17, 15) is 19.7 Å². The molecule has 0 amide bonds. The normalized spacial score (nSPS) is 13.5. The Hall–Kier alpha value is -3.40. The van der Waals surface area contributed by atoms with E-state index in [2.05, 4.69) is 0 Å². The molecule has 1 aromatic heterocycles. The number of Topliss-reactive ketones (excluding diaryl/α,β-unsaturated/α-hetero) is 1. The van der Waals surface area contributed by atoms with E-state index in [-0.39, 0.29) is 36.3 Å². The highest BCUT2D eigenvalue weighted by atomic mass is 16.6. The first-order valence-electron chi connectivity index (χ1n) is 9.70. The van der Waals surface area contributed by atoms with Crippen molar-refractivity contribution in [3.05, 3.63) is 50.8 Å². The summed E-state index contributed by atoms with van der Waals surface area (Å²) in [6, 6.07) is 4.08. The highest BCUT2D eigenvalue weighted by Crippen LogP contribution is 2.37. The lowest BCUT2D eigenvalue weighted by atomic mass is 10.1. The third kappa shape index (κ3) is 4.53. The van der Waals surface area contributed by atoms with Crippen molar-refractivity contribution in [2.75, 3.05) is 33.5 Å². The van der Waals surface area contributed by atoms with Crippen LogP contribution in [0.4, 0.5) is 5.69 Å². The molecular formula is C21H24N2O8. The van der Waals surface area contributed by atoms with Gasteiger partial charge in [0.15, 0.2) is 18.1 Å². The van der Waals surface area contributed by atoms with Crippen LogP contribution in [0.5, 0.6) is 11.5 Å². The fourth-order valence-electron chi connectivity index (χ4n) is 3.73. The Kier molecular flexibility index (Phi) is 6.59. The zero-order valence-corrected chi connectivity index (χ0v) is 17.8. The monoisotopic (exact) mass is 432 g/mol. The van der Waals surface area contributed by atoms with Crippen LogP contribution in [-0.2, 0) is 9.47 Å². The molecule has 31 heavy (non-hydrogen) atoms. The molecule has 0 bridgehead atoms. The number of carbonyl (C=O) groups is 2. The number of ketones is 1. The van der Waals surface area contributed by atoms with Gasteiger partial charge in [0.2, 0.25) is 5.78 Å². The maximum absolute atomic E-state index is 12.7. The number of esters is 1. The van der Waals surface area contributed by atoms with Crippen LogP contribution in [0.25, 0.3) is 0 Å². The van der Waals surface area contributed by atoms with Crippen molar-refractivity contribution in [1.82, 2.24) is 4.57 Å². The van der Waals surface area contributed by atoms with Crippen LogP contribution in [0.3, 0.4) is 0 Å². The number of methoxy groups -OCH3 is 1. The quantitative estimate of drug-likeness (QED) is 0.270. The third-order valence-corrected chi connectivity index (χ3v) is 5.04. The summed E-state index contributed by atoms with van der Waals surface area (Å²) in [5.41, 5.74) is 1.24. The van der Waals surface area contributed by atoms with Crippen LogP contribution in [0.15, 0.2) is 18.2 Å². The number of carbonyl (C=O) groups excluding carboxylic acids is 2. The van der Waals surface area contributed by atoms with E-state index in [1.54, 1.807) is 20.1 Å². The second kappa shape index (κ2) is 9.17. The summed E-state index contributed by atoms with van der Waals surface area (Å²) >= 11 is 0. The van der Waals surface area contributed by atoms with Gasteiger partial charge in [0, 0.05) is 30.1 Å². The van der Waals surface area contributed by atoms with E-state index in [0.29, 0.717) is 12.2 Å². The summed E-state index contributed by atoms with van der Waals surface area (Å²) in [4.78, 5) is 35.9. The number of benzene rings is 1. The first kappa shape index (κ1) is 22.3. The molecule has 1 atom stereocenters. The lowest BCUT2D eigenvalue weighted by Gasteiger charge is -2.18. The molecule has 1 unspecified atom stereocenters. The topological polar surface area (TPSA) is 119 Å². The smallest absolute Gasteiger partial charge is 0.345 e. The van der Waals surface area contributed by atoms with Crippen LogP contribution in [0, 0.1) is 24.0 Å². The van der Waals surface area contributed by atoms with Gasteiger partial charge in [-0.1, -0.05) is 0 Å². The largest absolute Gasteiger partial charge is 0.486 e. The van der Waals surface area contributed by atoms with Crippen LogP contribution in [0.2, 0.25) is 0 Å². The predicted molar refractivity (Wildman–Crippen MR) is 109 cm³/mol. The van der Waals surface area contributed by atoms with E-state index >= 15 is 0 Å². The predicted octanol–water partition coefficient (Wildman–Crippen LogP) is 3.03. The lowest BCUT2D eigenvalue weighted by Crippen LogP contribution is -2.19. The molecule has 0 N–H and O–H groups in total. The fourth-order valence-corrected chi connectivity index (χ4v) is 3.73. The number of nitro groups is 1. The molecule has 0 radical (unpaired) electrons. The second-order valence-corrected chi connectivity index (χ2v) is 7.23. The van der Waals surface area contributed by atoms with Crippen molar-refractivity contribution in [3.8, 4) is 11.5 Å². The van der Waals surface area contributed by atoms with Crippen molar-refractivity contribution in [1.29, 1.82) is 0 Å². The molecule has 0 saturated carbocycles. The van der Waals surface area contributed by atoms with Gasteiger partial charge in [-0.2, -0.15) is 0 Å². The zero-order valence-electron chi connectivity index (χ0n) is 17.8. The Balaban J connectivity index is 1.78. The molecule has 1 aliphatic rings. The van der Waals surface area contributed by atoms with Gasteiger partial charge in [-0.15, -0.1) is 0 Å². The highest BCUT2D eigenvalue weighted by Gasteiger charge is 2.28. The minimum absolute atomic E-state index is 0.0227. The number of hydrogen-bond donors (Lipinski definition) is 0. The minimum atomic E-state index is -0.987. The second-order valence-electron chi connectivity index (χ2n) is 7.23. The van der Waals surface area contributed by atoms with Gasteiger partial charge >= 0.3 is 5.97 Å². The number of hydrogen-bond acceptors (Lipinski definition) is 8. The van der Waals surface area contributed by atoms with Gasteiger partial charge in [-0.05, 0) is 26.8 Å². The Morgan fingerprint density at radius 2 is 1.81 bits per heavy atom. The van der Waals surface area contributed by atoms with Crippen molar-refractivity contribution >= 4 is 17.4 Å². The summed E-state index contributed by atoms with van der Waals surface area (Å²) in [6.07, 6.45) is 0. The Morgan fingerprint density at radius 3 is 2.42 bits per heavy atom. The molecular weight excluding hydrogens is 408 g/mol. The van der Waals surface area contributed by atoms with Crippen LogP contribution in [0.1, 0.15) is 45.1 Å². The number of aryl methyl sites for hydroxylation is 1. The van der Waals surface area contributed by atoms with Crippen molar-refractivity contribution < 1.29 is 33.5 Å². The standard InChI is InChI=1S/C21H24N2O8/c1-12-7-15(14(3)22(12)13(2)10-28-4)18(24)11-31-21(25)16-8-19-20(30-6-5-29-19)9-17(16)23(26)27/h7-9,13H,5-6,10-11H2,1-4H3. The maximum atomic E-state index is 12.7. The molecule has 1 aromatic carbocycles. The van der Waals surface area contributed by atoms with Gasteiger partial charge in [0.1, 0.15) is 18.8 Å². The average molecular weight is 432 g/mol. The number of fused-ring (bicyclic) bond motifs is 1. The summed E-state index contributed by atoms with van der Waals surface area (Å²) in [5.74, 6) is -0.995. The van der Waals surface area contributed by atoms with Crippen LogP contribution in [-0.4, -0.2) is 54.8 Å². The highest BCUT2D eigenvalue weighted by molar-refractivity contribution is 6.01. The number of nitrogens with zero attached hydrogens (tertiary/aromatic N) is 2. The number of ether oxygens (including phenoxy) is 4. The molecule has 3 rings (SSSR count). The average Bonchev–Trinajstić information content (AvgIpc) is 3.04. The zero-order chi connectivity index (χ0) is 22.7. The number of aromatic nitrogens is 1. The Morgan fingerprint density at radius 1 is 1.16 bits per heavy atom. The first-order valence-corrected chi connectivity index (χ1v) is 9.70. The van der Waals surface area contributed by atoms with E-state index in [1.165, 1.54) is 6.07 Å². The van der Waals surface area contributed by atoms with Crippen molar-refractivity contribution in [2.24, 2.45) is 0 Å². The number of rotatable bonds is 8. The van der Waals surface area contributed by atoms with E-state index in [0.717, 1.165) is 17.5 Å². The van der Waals surface area contributed by atoms with Gasteiger partial charge in [0.25, 0.3) is 5.69 Å². The summed E-state index contributed by atoms with van der Waals surface area (Å²) in [6.45, 7) is 6.10. The third-order valence-electron chi connectivity index (χ3n) is 5.04. The fraction of sp³-hybridized carbons (Fsp3) is 0.429. The molecule has 2 aromatic rings. The molecule has 0 aliphatic carbocycles. The molecule has 0 spiro atoms. The SMILES string of the molecule is COCC(C)n1c(C)cc(C(=O)COC(=O)c2cc3c(cc2[N+](=O)[O-])OCCO3)c1C. The van der Waals surface area contributed by atoms with Crippen molar-refractivity contribution in [3.63, 3.8) is 0 Å². The van der Waals surface area contributed by atoms with Gasteiger partial charge < -0.3 is 23.5 Å². The molecule has 2 heterocycles. The summed E-state index contributed by atoms with van der Waals surface area (Å²) in [5, 5.41) is 11.4. The van der Waals surface area contributed by atoms with Gasteiger partial charge in [-0.25, -0.2) is 4.79 Å². The molecule has 10 nitrogen and oxygen atoms in total. The molecule has 166 valence electrons. The van der Waals surface area contributed by atoms with Gasteiger partial charge in [0.05, 0.1) is 23.6 Å².